The molecule has 2 aromatic rings. The SMILES string of the molecule is N[C@@H](Cc1c[nH]cn1)C(=O)N[C@@H](CC(=O)O)C(=O)N[C@@H](Cc1c[nH]cn1)C(=O)O. The molecule has 0 aromatic carbocycles. The van der Waals surface area contributed by atoms with Gasteiger partial charge in [-0.1, -0.05) is 0 Å². The van der Waals surface area contributed by atoms with Gasteiger partial charge in [0.25, 0.3) is 0 Å². The molecule has 0 fully saturated rings. The fraction of sp³-hybridized carbons (Fsp3) is 0.375. The van der Waals surface area contributed by atoms with Gasteiger partial charge in [-0.2, -0.15) is 0 Å². The number of rotatable bonds is 11. The van der Waals surface area contributed by atoms with E-state index in [1.54, 1.807) is 6.20 Å². The number of H-pyrrole nitrogens is 2. The van der Waals surface area contributed by atoms with Crippen LogP contribution in [0.5, 0.6) is 0 Å². The van der Waals surface area contributed by atoms with Crippen molar-refractivity contribution >= 4 is 23.8 Å². The molecule has 2 rings (SSSR count). The summed E-state index contributed by atoms with van der Waals surface area (Å²) in [5.74, 6) is -4.42. The van der Waals surface area contributed by atoms with Gasteiger partial charge in [0.1, 0.15) is 12.1 Å². The van der Waals surface area contributed by atoms with Crippen LogP contribution in [0.4, 0.5) is 0 Å². The third-order valence-electron chi connectivity index (χ3n) is 3.92. The second-order valence-electron chi connectivity index (χ2n) is 6.19. The maximum atomic E-state index is 12.5. The van der Waals surface area contributed by atoms with Gasteiger partial charge in [0.15, 0.2) is 0 Å². The molecule has 2 amide bonds. The monoisotopic (exact) mass is 407 g/mol. The first-order valence-corrected chi connectivity index (χ1v) is 8.52. The summed E-state index contributed by atoms with van der Waals surface area (Å²) in [6.07, 6.45) is 4.95. The number of imidazole rings is 2. The van der Waals surface area contributed by atoms with E-state index < -0.39 is 48.3 Å². The molecule has 0 unspecified atom stereocenters. The highest BCUT2D eigenvalue weighted by Crippen LogP contribution is 2.03. The van der Waals surface area contributed by atoms with Gasteiger partial charge in [0.05, 0.1) is 36.5 Å². The zero-order valence-corrected chi connectivity index (χ0v) is 15.2. The number of nitrogens with one attached hydrogen (secondary N) is 4. The Bertz CT molecular complexity index is 836. The van der Waals surface area contributed by atoms with Crippen LogP contribution in [0.2, 0.25) is 0 Å². The van der Waals surface area contributed by atoms with Gasteiger partial charge in [-0.3, -0.25) is 14.4 Å². The van der Waals surface area contributed by atoms with Crippen molar-refractivity contribution in [3.63, 3.8) is 0 Å². The molecule has 0 saturated carbocycles. The Morgan fingerprint density at radius 2 is 1.48 bits per heavy atom. The molecule has 156 valence electrons. The molecule has 13 nitrogen and oxygen atoms in total. The summed E-state index contributed by atoms with van der Waals surface area (Å²) < 4.78 is 0. The number of amides is 2. The van der Waals surface area contributed by atoms with Gasteiger partial charge in [0.2, 0.25) is 11.8 Å². The molecule has 29 heavy (non-hydrogen) atoms. The Kier molecular flexibility index (Phi) is 7.42. The van der Waals surface area contributed by atoms with E-state index in [9.17, 15) is 24.3 Å². The van der Waals surface area contributed by atoms with E-state index in [1.165, 1.54) is 18.9 Å². The highest BCUT2D eigenvalue weighted by Gasteiger charge is 2.30. The van der Waals surface area contributed by atoms with Gasteiger partial charge in [-0.05, 0) is 0 Å². The van der Waals surface area contributed by atoms with Crippen molar-refractivity contribution in [1.82, 2.24) is 30.6 Å². The summed E-state index contributed by atoms with van der Waals surface area (Å²) in [5.41, 5.74) is 6.67. The van der Waals surface area contributed by atoms with Crippen LogP contribution >= 0.6 is 0 Å². The summed E-state index contributed by atoms with van der Waals surface area (Å²) in [6, 6.07) is -3.95. The smallest absolute Gasteiger partial charge is 0.326 e. The Balaban J connectivity index is 2.02. The number of aromatic nitrogens is 4. The van der Waals surface area contributed by atoms with Gasteiger partial charge in [0, 0.05) is 25.2 Å². The Morgan fingerprint density at radius 1 is 0.931 bits per heavy atom. The summed E-state index contributed by atoms with van der Waals surface area (Å²) in [5, 5.41) is 22.8. The second kappa shape index (κ2) is 9.98. The van der Waals surface area contributed by atoms with Gasteiger partial charge < -0.3 is 36.5 Å². The molecule has 0 radical (unpaired) electrons. The van der Waals surface area contributed by atoms with Crippen LogP contribution in [-0.2, 0) is 32.0 Å². The van der Waals surface area contributed by atoms with E-state index >= 15 is 0 Å². The lowest BCUT2D eigenvalue weighted by molar-refractivity contribution is -0.143. The van der Waals surface area contributed by atoms with Gasteiger partial charge >= 0.3 is 11.9 Å². The maximum Gasteiger partial charge on any atom is 0.326 e. The number of hydrogen-bond acceptors (Lipinski definition) is 7. The minimum absolute atomic E-state index is 0.0631. The van der Waals surface area contributed by atoms with Crippen molar-refractivity contribution in [1.29, 1.82) is 0 Å². The van der Waals surface area contributed by atoms with Crippen LogP contribution in [0.15, 0.2) is 25.0 Å². The molecular formula is C16H21N7O6. The van der Waals surface area contributed by atoms with Crippen molar-refractivity contribution in [2.24, 2.45) is 5.73 Å². The van der Waals surface area contributed by atoms with Crippen molar-refractivity contribution < 1.29 is 29.4 Å². The normalized spacial score (nSPS) is 13.8. The third-order valence-corrected chi connectivity index (χ3v) is 3.92. The highest BCUT2D eigenvalue weighted by atomic mass is 16.4. The van der Waals surface area contributed by atoms with Gasteiger partial charge in [-0.15, -0.1) is 0 Å². The molecule has 13 heteroatoms. The van der Waals surface area contributed by atoms with Crippen LogP contribution in [0, 0.1) is 0 Å². The molecule has 0 bridgehead atoms. The first-order valence-electron chi connectivity index (χ1n) is 8.52. The minimum Gasteiger partial charge on any atom is -0.481 e. The summed E-state index contributed by atoms with van der Waals surface area (Å²) in [6.45, 7) is 0. The van der Waals surface area contributed by atoms with E-state index in [0.29, 0.717) is 11.4 Å². The van der Waals surface area contributed by atoms with Crippen molar-refractivity contribution in [2.45, 2.75) is 37.4 Å². The van der Waals surface area contributed by atoms with Crippen molar-refractivity contribution in [3.8, 4) is 0 Å². The lowest BCUT2D eigenvalue weighted by Crippen LogP contribution is -2.55. The number of carboxylic acid groups (broad SMARTS) is 2. The number of nitrogens with zero attached hydrogens (tertiary/aromatic N) is 2. The molecule has 0 saturated heterocycles. The molecule has 0 aliphatic carbocycles. The first kappa shape index (κ1) is 21.6. The van der Waals surface area contributed by atoms with Crippen LogP contribution < -0.4 is 16.4 Å². The number of carbonyl (C=O) groups is 4. The van der Waals surface area contributed by atoms with Crippen LogP contribution in [0.3, 0.4) is 0 Å². The number of aromatic amines is 2. The lowest BCUT2D eigenvalue weighted by atomic mass is 10.1. The summed E-state index contributed by atoms with van der Waals surface area (Å²) in [4.78, 5) is 60.4. The Hall–Kier alpha value is -3.74. The quantitative estimate of drug-likeness (QED) is 0.214. The van der Waals surface area contributed by atoms with E-state index in [0.717, 1.165) is 0 Å². The lowest BCUT2D eigenvalue weighted by Gasteiger charge is -2.21. The molecule has 0 spiro atoms. The molecule has 0 aliphatic rings. The largest absolute Gasteiger partial charge is 0.481 e. The van der Waals surface area contributed by atoms with Crippen LogP contribution in [-0.4, -0.2) is 72.0 Å². The summed E-state index contributed by atoms with van der Waals surface area (Å²) in [7, 11) is 0. The number of hydrogen-bond donors (Lipinski definition) is 7. The molecule has 0 aliphatic heterocycles. The van der Waals surface area contributed by atoms with Crippen LogP contribution in [0.1, 0.15) is 17.8 Å². The number of nitrogens with two attached hydrogens (primary N) is 1. The fourth-order valence-corrected chi connectivity index (χ4v) is 2.47. The predicted molar refractivity (Wildman–Crippen MR) is 96.3 cm³/mol. The van der Waals surface area contributed by atoms with E-state index in [-0.39, 0.29) is 12.8 Å². The van der Waals surface area contributed by atoms with E-state index in [2.05, 4.69) is 30.6 Å². The van der Waals surface area contributed by atoms with Crippen LogP contribution in [0.25, 0.3) is 0 Å². The molecule has 2 heterocycles. The zero-order chi connectivity index (χ0) is 21.4. The number of aliphatic carboxylic acids is 2. The van der Waals surface area contributed by atoms with Gasteiger partial charge in [-0.25, -0.2) is 14.8 Å². The highest BCUT2D eigenvalue weighted by molar-refractivity contribution is 5.94. The fourth-order valence-electron chi connectivity index (χ4n) is 2.47. The standard InChI is InChI=1S/C16H21N7O6/c17-10(1-8-4-18-6-20-8)14(26)22-11(3-13(24)25)15(27)23-12(16(28)29)2-9-5-19-7-21-9/h4-7,10-12H,1-3,17H2,(H,18,20)(H,19,21)(H,22,26)(H,23,27)(H,24,25)(H,28,29)/t10-,11-,12-/m0/s1. The predicted octanol–water partition coefficient (Wildman–Crippen LogP) is -2.23. The average molecular weight is 407 g/mol. The Morgan fingerprint density at radius 3 is 1.97 bits per heavy atom. The number of carbonyl (C=O) groups excluding carboxylic acids is 2. The second-order valence-corrected chi connectivity index (χ2v) is 6.19. The van der Waals surface area contributed by atoms with Crippen molar-refractivity contribution in [2.75, 3.05) is 0 Å². The molecule has 2 aromatic heterocycles. The van der Waals surface area contributed by atoms with E-state index in [4.69, 9.17) is 10.8 Å². The number of carboxylic acids is 2. The summed E-state index contributed by atoms with van der Waals surface area (Å²) >= 11 is 0. The Labute approximate surface area is 164 Å². The maximum absolute atomic E-state index is 12.5. The zero-order valence-electron chi connectivity index (χ0n) is 15.2. The first-order chi connectivity index (χ1) is 13.8. The molecule has 3 atom stereocenters. The average Bonchev–Trinajstić information content (AvgIpc) is 3.33. The van der Waals surface area contributed by atoms with Crippen molar-refractivity contribution in [3.05, 3.63) is 36.4 Å². The molecular weight excluding hydrogens is 386 g/mol. The third kappa shape index (κ3) is 6.73. The molecule has 8 N–H and O–H groups in total. The topological polar surface area (TPSA) is 216 Å². The van der Waals surface area contributed by atoms with E-state index in [1.807, 2.05) is 0 Å². The minimum atomic E-state index is -1.51.